The van der Waals surface area contributed by atoms with E-state index in [0.29, 0.717) is 44.9 Å². The van der Waals surface area contributed by atoms with Gasteiger partial charge in [0.1, 0.15) is 0 Å². The fourth-order valence-corrected chi connectivity index (χ4v) is 2.75. The Kier molecular flexibility index (Phi) is 7.28. The summed E-state index contributed by atoms with van der Waals surface area (Å²) in [7, 11) is 1.93. The molecule has 0 amide bonds. The smallest absolute Gasteiger partial charge is 0.340 e. The van der Waals surface area contributed by atoms with E-state index in [0.717, 1.165) is 0 Å². The van der Waals surface area contributed by atoms with Gasteiger partial charge < -0.3 is 20.9 Å². The first-order valence-electron chi connectivity index (χ1n) is 9.46. The molecule has 3 N–H and O–H groups in total. The lowest BCUT2D eigenvalue weighted by Crippen LogP contribution is -2.49. The molecule has 1 aliphatic rings. The Morgan fingerprint density at radius 1 is 0.967 bits per heavy atom. The fraction of sp³-hybridized carbons (Fsp3) is 0.632. The van der Waals surface area contributed by atoms with Gasteiger partial charge in [0.25, 0.3) is 0 Å². The molecular formula is C19H27F6N5. The van der Waals surface area contributed by atoms with Crippen LogP contribution in [0, 0.1) is 5.41 Å². The van der Waals surface area contributed by atoms with E-state index in [-0.39, 0.29) is 29.7 Å². The molecule has 0 aromatic heterocycles. The molecule has 1 aliphatic heterocycles. The number of hydrogen-bond donors (Lipinski definition) is 2. The third-order valence-electron chi connectivity index (χ3n) is 4.86. The van der Waals surface area contributed by atoms with E-state index in [9.17, 15) is 26.3 Å². The molecule has 0 atom stereocenters. The topological polar surface area (TPSA) is 56.9 Å². The number of guanidine groups is 1. The van der Waals surface area contributed by atoms with Crippen LogP contribution in [0.2, 0.25) is 0 Å². The predicted molar refractivity (Wildman–Crippen MR) is 104 cm³/mol. The molecule has 0 unspecified atom stereocenters. The summed E-state index contributed by atoms with van der Waals surface area (Å²) in [4.78, 5) is 8.36. The van der Waals surface area contributed by atoms with Gasteiger partial charge >= 0.3 is 12.4 Å². The number of likely N-dealkylation sites (N-methyl/N-ethyl adjacent to an activating group) is 1. The summed E-state index contributed by atoms with van der Waals surface area (Å²) in [6.07, 6.45) is -9.82. The first-order valence-corrected chi connectivity index (χ1v) is 9.46. The number of halogens is 6. The van der Waals surface area contributed by atoms with E-state index in [1.165, 1.54) is 0 Å². The molecule has 0 saturated carbocycles. The molecule has 30 heavy (non-hydrogen) atoms. The first kappa shape index (κ1) is 24.3. The summed E-state index contributed by atoms with van der Waals surface area (Å²) in [6.45, 7) is 6.81. The largest absolute Gasteiger partial charge is 0.416 e. The number of alkyl halides is 6. The summed E-state index contributed by atoms with van der Waals surface area (Å²) in [5.41, 5.74) is 2.28. The van der Waals surface area contributed by atoms with Crippen molar-refractivity contribution in [3.63, 3.8) is 0 Å². The third-order valence-corrected chi connectivity index (χ3v) is 4.86. The average molecular weight is 439 g/mol. The number of nitrogens with two attached hydrogens (primary N) is 1. The third kappa shape index (κ3) is 6.76. The lowest BCUT2D eigenvalue weighted by molar-refractivity contribution is -0.143. The summed E-state index contributed by atoms with van der Waals surface area (Å²) in [6, 6.07) is 1.43. The number of anilines is 1. The highest BCUT2D eigenvalue weighted by molar-refractivity contribution is 5.94. The molecule has 1 heterocycles. The van der Waals surface area contributed by atoms with Gasteiger partial charge in [-0.05, 0) is 37.2 Å². The second-order valence-corrected chi connectivity index (χ2v) is 8.22. The molecular weight excluding hydrogens is 412 g/mol. The molecule has 1 saturated heterocycles. The van der Waals surface area contributed by atoms with Gasteiger partial charge in [-0.3, -0.25) is 4.99 Å². The van der Waals surface area contributed by atoms with Crippen molar-refractivity contribution in [2.75, 3.05) is 51.6 Å². The SMILES string of the molecule is CN1CCN(C(=NCC(C)(C)CN)Nc2cc(C(F)(F)F)cc(C(F)(F)F)c2)CC1. The molecule has 1 fully saturated rings. The zero-order chi connectivity index (χ0) is 22.7. The van der Waals surface area contributed by atoms with Crippen molar-refractivity contribution in [1.29, 1.82) is 0 Å². The van der Waals surface area contributed by atoms with Gasteiger partial charge in [0.2, 0.25) is 0 Å². The maximum absolute atomic E-state index is 13.2. The van der Waals surface area contributed by atoms with Crippen LogP contribution < -0.4 is 11.1 Å². The van der Waals surface area contributed by atoms with Crippen LogP contribution in [-0.2, 0) is 12.4 Å². The van der Waals surface area contributed by atoms with E-state index in [1.807, 2.05) is 25.8 Å². The van der Waals surface area contributed by atoms with E-state index >= 15 is 0 Å². The number of rotatable bonds is 4. The molecule has 170 valence electrons. The lowest BCUT2D eigenvalue weighted by atomic mass is 9.94. The summed E-state index contributed by atoms with van der Waals surface area (Å²) in [5, 5.41) is 2.70. The van der Waals surface area contributed by atoms with Crippen LogP contribution in [0.3, 0.4) is 0 Å². The van der Waals surface area contributed by atoms with Crippen molar-refractivity contribution >= 4 is 11.6 Å². The average Bonchev–Trinajstić information content (AvgIpc) is 2.64. The molecule has 0 bridgehead atoms. The highest BCUT2D eigenvalue weighted by Gasteiger charge is 2.37. The highest BCUT2D eigenvalue weighted by atomic mass is 19.4. The van der Waals surface area contributed by atoms with Gasteiger partial charge in [-0.1, -0.05) is 13.8 Å². The van der Waals surface area contributed by atoms with Gasteiger partial charge in [0, 0.05) is 38.4 Å². The first-order chi connectivity index (χ1) is 13.7. The molecule has 5 nitrogen and oxygen atoms in total. The minimum Gasteiger partial charge on any atom is -0.340 e. The van der Waals surface area contributed by atoms with Gasteiger partial charge in [-0.15, -0.1) is 0 Å². The number of nitrogens with one attached hydrogen (secondary N) is 1. The van der Waals surface area contributed by atoms with Crippen LogP contribution in [0.5, 0.6) is 0 Å². The second kappa shape index (κ2) is 9.01. The summed E-state index contributed by atoms with van der Waals surface area (Å²) in [5.74, 6) is 0.233. The summed E-state index contributed by atoms with van der Waals surface area (Å²) < 4.78 is 79.0. The minimum absolute atomic E-state index is 0.107. The fourth-order valence-electron chi connectivity index (χ4n) is 2.75. The van der Waals surface area contributed by atoms with E-state index in [2.05, 4.69) is 15.2 Å². The van der Waals surface area contributed by atoms with Crippen molar-refractivity contribution in [2.45, 2.75) is 26.2 Å². The Morgan fingerprint density at radius 3 is 1.90 bits per heavy atom. The maximum atomic E-state index is 13.2. The van der Waals surface area contributed by atoms with Gasteiger partial charge in [-0.2, -0.15) is 26.3 Å². The summed E-state index contributed by atoms with van der Waals surface area (Å²) >= 11 is 0. The zero-order valence-corrected chi connectivity index (χ0v) is 17.2. The zero-order valence-electron chi connectivity index (χ0n) is 17.2. The van der Waals surface area contributed by atoms with Crippen molar-refractivity contribution < 1.29 is 26.3 Å². The Labute approximate surface area is 171 Å². The standard InChI is InChI=1S/C19H27F6N5/c1-17(2,11-26)12-27-16(30-6-4-29(3)5-7-30)28-15-9-13(18(20,21)22)8-14(10-15)19(23,24)25/h8-10H,4-7,11-12,26H2,1-3H3,(H,27,28). The molecule has 0 aliphatic carbocycles. The minimum atomic E-state index is -4.91. The predicted octanol–water partition coefficient (Wildman–Crippen LogP) is 3.72. The normalized spacial score (nSPS) is 17.4. The van der Waals surface area contributed by atoms with Crippen LogP contribution in [0.4, 0.5) is 32.0 Å². The molecule has 0 radical (unpaired) electrons. The molecule has 11 heteroatoms. The van der Waals surface area contributed by atoms with Crippen molar-refractivity contribution in [3.8, 4) is 0 Å². The van der Waals surface area contributed by atoms with Crippen LogP contribution in [0.25, 0.3) is 0 Å². The van der Waals surface area contributed by atoms with E-state index in [1.54, 1.807) is 0 Å². The molecule has 0 spiro atoms. The number of benzene rings is 1. The monoisotopic (exact) mass is 439 g/mol. The van der Waals surface area contributed by atoms with Gasteiger partial charge in [-0.25, -0.2) is 0 Å². The highest BCUT2D eigenvalue weighted by Crippen LogP contribution is 2.37. The van der Waals surface area contributed by atoms with Crippen LogP contribution >= 0.6 is 0 Å². The Bertz CT molecular complexity index is 717. The Morgan fingerprint density at radius 2 is 1.47 bits per heavy atom. The number of aliphatic imine (C=N–C) groups is 1. The van der Waals surface area contributed by atoms with E-state index < -0.39 is 23.5 Å². The Hall–Kier alpha value is -2.01. The van der Waals surface area contributed by atoms with Crippen molar-refractivity contribution in [1.82, 2.24) is 9.80 Å². The van der Waals surface area contributed by atoms with Crippen LogP contribution in [0.1, 0.15) is 25.0 Å². The van der Waals surface area contributed by atoms with Gasteiger partial charge in [0.15, 0.2) is 5.96 Å². The molecule has 1 aromatic carbocycles. The van der Waals surface area contributed by atoms with Crippen molar-refractivity contribution in [2.24, 2.45) is 16.1 Å². The second-order valence-electron chi connectivity index (χ2n) is 8.22. The number of hydrogen-bond acceptors (Lipinski definition) is 3. The quantitative estimate of drug-likeness (QED) is 0.427. The van der Waals surface area contributed by atoms with Crippen molar-refractivity contribution in [3.05, 3.63) is 29.3 Å². The van der Waals surface area contributed by atoms with E-state index in [4.69, 9.17) is 5.73 Å². The lowest BCUT2D eigenvalue weighted by Gasteiger charge is -2.35. The molecule has 2 rings (SSSR count). The Balaban J connectivity index is 2.41. The maximum Gasteiger partial charge on any atom is 0.416 e. The van der Waals surface area contributed by atoms with Crippen LogP contribution in [-0.4, -0.2) is 62.1 Å². The molecule has 1 aromatic rings. The number of piperazine rings is 1. The number of nitrogens with zero attached hydrogens (tertiary/aromatic N) is 3. The van der Waals surface area contributed by atoms with Crippen LogP contribution in [0.15, 0.2) is 23.2 Å². The van der Waals surface area contributed by atoms with Gasteiger partial charge in [0.05, 0.1) is 11.1 Å².